The number of nitrogens with zero attached hydrogens (tertiary/aromatic N) is 2. The Morgan fingerprint density at radius 1 is 1.12 bits per heavy atom. The summed E-state index contributed by atoms with van der Waals surface area (Å²) in [5, 5.41) is 1.70. The maximum absolute atomic E-state index is 13.1. The molecule has 0 spiro atoms. The number of thiazole rings is 1. The molecule has 0 aliphatic carbocycles. The lowest BCUT2D eigenvalue weighted by Gasteiger charge is -2.31. The maximum Gasteiger partial charge on any atom is 0.416 e. The normalized spacial score (nSPS) is 15.6. The van der Waals surface area contributed by atoms with Crippen molar-refractivity contribution in [3.63, 3.8) is 0 Å². The van der Waals surface area contributed by atoms with Crippen LogP contribution in [0, 0.1) is 0 Å². The van der Waals surface area contributed by atoms with Gasteiger partial charge in [0.25, 0.3) is 0 Å². The van der Waals surface area contributed by atoms with Gasteiger partial charge in [0, 0.05) is 24.0 Å². The van der Waals surface area contributed by atoms with E-state index in [4.69, 9.17) is 16.3 Å². The third-order valence-corrected chi connectivity index (χ3v) is 9.24. The van der Waals surface area contributed by atoms with Crippen LogP contribution >= 0.6 is 22.9 Å². The molecule has 0 N–H and O–H groups in total. The van der Waals surface area contributed by atoms with E-state index in [1.807, 2.05) is 34.5 Å². The number of anilines is 1. The van der Waals surface area contributed by atoms with E-state index in [1.165, 1.54) is 11.3 Å². The van der Waals surface area contributed by atoms with Crippen LogP contribution in [0.3, 0.4) is 0 Å². The maximum atomic E-state index is 13.1. The monoisotopic (exact) mass is 516 g/mol. The van der Waals surface area contributed by atoms with Crippen molar-refractivity contribution in [2.24, 2.45) is 0 Å². The predicted octanol–water partition coefficient (Wildman–Crippen LogP) is 5.93. The van der Waals surface area contributed by atoms with E-state index in [9.17, 15) is 21.6 Å². The lowest BCUT2D eigenvalue weighted by atomic mass is 10.1. The van der Waals surface area contributed by atoms with Gasteiger partial charge in [0.15, 0.2) is 15.0 Å². The SMILES string of the molecule is COc1ccc(-c2csc(N3CCC(S(=O)(=O)c4cc(C(F)(F)F)ccc4Cl)CC3)n2)cc1. The van der Waals surface area contributed by atoms with Gasteiger partial charge < -0.3 is 9.64 Å². The minimum Gasteiger partial charge on any atom is -0.497 e. The zero-order valence-corrected chi connectivity index (χ0v) is 19.9. The van der Waals surface area contributed by atoms with Crippen LogP contribution in [0.15, 0.2) is 52.7 Å². The molecule has 33 heavy (non-hydrogen) atoms. The Kier molecular flexibility index (Phi) is 6.61. The van der Waals surface area contributed by atoms with Gasteiger partial charge in [-0.3, -0.25) is 0 Å². The van der Waals surface area contributed by atoms with Crippen molar-refractivity contribution in [3.8, 4) is 17.0 Å². The fourth-order valence-electron chi connectivity index (χ4n) is 3.74. The van der Waals surface area contributed by atoms with Crippen LogP contribution in [-0.2, 0) is 16.0 Å². The number of methoxy groups -OCH3 is 1. The van der Waals surface area contributed by atoms with Crippen LogP contribution in [0.5, 0.6) is 5.75 Å². The second-order valence-electron chi connectivity index (χ2n) is 7.62. The van der Waals surface area contributed by atoms with Gasteiger partial charge in [-0.15, -0.1) is 11.3 Å². The van der Waals surface area contributed by atoms with Gasteiger partial charge >= 0.3 is 6.18 Å². The highest BCUT2D eigenvalue weighted by Crippen LogP contribution is 2.37. The zero-order chi connectivity index (χ0) is 23.8. The first-order valence-electron chi connectivity index (χ1n) is 10.0. The second-order valence-corrected chi connectivity index (χ2v) is 11.1. The Bertz CT molecular complexity index is 1240. The molecule has 1 aromatic heterocycles. The van der Waals surface area contributed by atoms with E-state index >= 15 is 0 Å². The minimum atomic E-state index is -4.65. The number of aromatic nitrogens is 1. The molecule has 0 saturated carbocycles. The summed E-state index contributed by atoms with van der Waals surface area (Å²) in [4.78, 5) is 6.20. The number of sulfone groups is 1. The van der Waals surface area contributed by atoms with E-state index < -0.39 is 31.7 Å². The topological polar surface area (TPSA) is 59.5 Å². The average molecular weight is 517 g/mol. The van der Waals surface area contributed by atoms with Crippen LogP contribution < -0.4 is 9.64 Å². The number of piperidine rings is 1. The lowest BCUT2D eigenvalue weighted by molar-refractivity contribution is -0.137. The molecule has 11 heteroatoms. The van der Waals surface area contributed by atoms with Crippen LogP contribution in [0.4, 0.5) is 18.3 Å². The van der Waals surface area contributed by atoms with Crippen LogP contribution in [-0.4, -0.2) is 38.9 Å². The van der Waals surface area contributed by atoms with Crippen molar-refractivity contribution in [2.75, 3.05) is 25.1 Å². The minimum absolute atomic E-state index is 0.200. The van der Waals surface area contributed by atoms with Crippen molar-refractivity contribution in [3.05, 3.63) is 58.4 Å². The average Bonchev–Trinajstić information content (AvgIpc) is 3.29. The molecule has 0 radical (unpaired) electrons. The number of halogens is 4. The Hall–Kier alpha value is -2.30. The molecule has 3 aromatic rings. The molecule has 0 atom stereocenters. The Morgan fingerprint density at radius 3 is 2.39 bits per heavy atom. The van der Waals surface area contributed by atoms with Crippen molar-refractivity contribution < 1.29 is 26.3 Å². The number of rotatable bonds is 5. The molecule has 1 aliphatic heterocycles. The van der Waals surface area contributed by atoms with Crippen molar-refractivity contribution in [1.29, 1.82) is 0 Å². The van der Waals surface area contributed by atoms with E-state index in [2.05, 4.69) is 4.98 Å². The van der Waals surface area contributed by atoms with Crippen molar-refractivity contribution in [1.82, 2.24) is 4.98 Å². The van der Waals surface area contributed by atoms with Gasteiger partial charge in [-0.25, -0.2) is 13.4 Å². The highest BCUT2D eigenvalue weighted by Gasteiger charge is 2.36. The lowest BCUT2D eigenvalue weighted by Crippen LogP contribution is -2.39. The molecule has 2 heterocycles. The number of benzene rings is 2. The summed E-state index contributed by atoms with van der Waals surface area (Å²) in [5.41, 5.74) is 0.717. The van der Waals surface area contributed by atoms with E-state index in [0.717, 1.165) is 34.3 Å². The summed E-state index contributed by atoms with van der Waals surface area (Å²) < 4.78 is 70.5. The van der Waals surface area contributed by atoms with Gasteiger partial charge in [-0.05, 0) is 55.3 Å². The van der Waals surface area contributed by atoms with Gasteiger partial charge in [0.05, 0.1) is 33.5 Å². The third-order valence-electron chi connectivity index (χ3n) is 5.59. The molecule has 0 bridgehead atoms. The molecule has 5 nitrogen and oxygen atoms in total. The highest BCUT2D eigenvalue weighted by molar-refractivity contribution is 7.92. The molecule has 4 rings (SSSR count). The summed E-state index contributed by atoms with van der Waals surface area (Å²) in [6, 6.07) is 9.93. The van der Waals surface area contributed by atoms with Gasteiger partial charge in [0.1, 0.15) is 5.75 Å². The van der Waals surface area contributed by atoms with Gasteiger partial charge in [0.2, 0.25) is 0 Å². The summed E-state index contributed by atoms with van der Waals surface area (Å²) in [5.74, 6) is 0.748. The number of hydrogen-bond acceptors (Lipinski definition) is 6. The fraction of sp³-hybridized carbons (Fsp3) is 0.318. The van der Waals surface area contributed by atoms with Crippen LogP contribution in [0.1, 0.15) is 18.4 Å². The quantitative estimate of drug-likeness (QED) is 0.420. The Balaban J connectivity index is 1.47. The summed E-state index contributed by atoms with van der Waals surface area (Å²) in [6.45, 7) is 0.853. The van der Waals surface area contributed by atoms with Gasteiger partial charge in [-0.2, -0.15) is 13.2 Å². The molecule has 176 valence electrons. The van der Waals surface area contributed by atoms with Gasteiger partial charge in [-0.1, -0.05) is 11.6 Å². The molecule has 1 saturated heterocycles. The van der Waals surface area contributed by atoms with Crippen molar-refractivity contribution >= 4 is 37.9 Å². The molecule has 2 aromatic carbocycles. The first-order chi connectivity index (χ1) is 15.6. The number of ether oxygens (including phenoxy) is 1. The Morgan fingerprint density at radius 2 is 1.79 bits per heavy atom. The molecular formula is C22H20ClF3N2O3S2. The van der Waals surface area contributed by atoms with Crippen molar-refractivity contribution in [2.45, 2.75) is 29.2 Å². The third kappa shape index (κ3) is 4.97. The first-order valence-corrected chi connectivity index (χ1v) is 12.9. The van der Waals surface area contributed by atoms with E-state index in [-0.39, 0.29) is 17.9 Å². The van der Waals surface area contributed by atoms with E-state index in [1.54, 1.807) is 7.11 Å². The standard InChI is InChI=1S/C22H20ClF3N2O3S2/c1-31-16-5-2-14(3-6-16)19-13-32-21(27-19)28-10-8-17(9-11-28)33(29,30)20-12-15(22(24,25)26)4-7-18(20)23/h2-7,12-13,17H,8-11H2,1H3. The van der Waals surface area contributed by atoms with Crippen LogP contribution in [0.25, 0.3) is 11.3 Å². The highest BCUT2D eigenvalue weighted by atomic mass is 35.5. The summed E-state index contributed by atoms with van der Waals surface area (Å²) in [6.07, 6.45) is -4.11. The number of alkyl halides is 3. The molecular weight excluding hydrogens is 497 g/mol. The largest absolute Gasteiger partial charge is 0.497 e. The molecule has 1 fully saturated rings. The first kappa shape index (κ1) is 23.8. The Labute approximate surface area is 198 Å². The smallest absolute Gasteiger partial charge is 0.416 e. The summed E-state index contributed by atoms with van der Waals surface area (Å²) in [7, 11) is -2.42. The predicted molar refractivity (Wildman–Crippen MR) is 123 cm³/mol. The van der Waals surface area contributed by atoms with E-state index in [0.29, 0.717) is 19.2 Å². The fourth-order valence-corrected chi connectivity index (χ4v) is 6.89. The number of hydrogen-bond donors (Lipinski definition) is 0. The molecule has 0 unspecified atom stereocenters. The molecule has 1 aliphatic rings. The molecule has 0 amide bonds. The zero-order valence-electron chi connectivity index (χ0n) is 17.5. The summed E-state index contributed by atoms with van der Waals surface area (Å²) >= 11 is 7.44. The van der Waals surface area contributed by atoms with Crippen LogP contribution in [0.2, 0.25) is 5.02 Å². The second kappa shape index (κ2) is 9.15.